The van der Waals surface area contributed by atoms with E-state index in [1.54, 1.807) is 11.8 Å². The van der Waals surface area contributed by atoms with E-state index in [0.717, 1.165) is 19.8 Å². The smallest absolute Gasteiger partial charge is 0.181 e. The van der Waals surface area contributed by atoms with Gasteiger partial charge in [0, 0.05) is 0 Å². The molecule has 0 aromatic carbocycles. The maximum absolute atomic E-state index is 5.63. The third-order valence-electron chi connectivity index (χ3n) is 1.73. The van der Waals surface area contributed by atoms with Crippen molar-refractivity contribution in [2.24, 2.45) is 0 Å². The minimum absolute atomic E-state index is 0.602. The van der Waals surface area contributed by atoms with Crippen LogP contribution in [0, 0.1) is 13.8 Å². The lowest BCUT2D eigenvalue weighted by Crippen LogP contribution is -1.81. The zero-order valence-electron chi connectivity index (χ0n) is 8.27. The van der Waals surface area contributed by atoms with Crippen LogP contribution < -0.4 is 11.5 Å². The van der Waals surface area contributed by atoms with Gasteiger partial charge >= 0.3 is 0 Å². The van der Waals surface area contributed by atoms with E-state index in [2.05, 4.69) is 9.97 Å². The fourth-order valence-electron chi connectivity index (χ4n) is 1.08. The second kappa shape index (κ2) is 3.99. The number of hydrogen-bond donors (Lipinski definition) is 2. The first-order valence-corrected chi connectivity index (χ1v) is 6.65. The fourth-order valence-corrected chi connectivity index (χ4v) is 4.27. The quantitative estimate of drug-likeness (QED) is 0.865. The number of aryl methyl sites for hydroxylation is 2. The third kappa shape index (κ3) is 2.24. The van der Waals surface area contributed by atoms with Crippen LogP contribution in [0.1, 0.15) is 11.4 Å². The first-order valence-electron chi connectivity index (χ1n) is 4.20. The fraction of sp³-hybridized carbons (Fsp3) is 0.250. The number of aromatic nitrogens is 2. The van der Waals surface area contributed by atoms with Crippen LogP contribution in [0.4, 0.5) is 10.3 Å². The summed E-state index contributed by atoms with van der Waals surface area (Å²) in [6, 6.07) is 0. The summed E-state index contributed by atoms with van der Waals surface area (Å²) in [5.41, 5.74) is 13.2. The molecule has 7 heteroatoms. The van der Waals surface area contributed by atoms with Gasteiger partial charge in [-0.3, -0.25) is 0 Å². The molecule has 0 saturated heterocycles. The molecule has 0 unspecified atom stereocenters. The van der Waals surface area contributed by atoms with Crippen LogP contribution in [0.5, 0.6) is 0 Å². The van der Waals surface area contributed by atoms with Crippen LogP contribution in [0.2, 0.25) is 0 Å². The highest BCUT2D eigenvalue weighted by Gasteiger charge is 2.12. The molecule has 2 aromatic rings. The number of anilines is 2. The number of nitrogen functional groups attached to an aromatic ring is 2. The van der Waals surface area contributed by atoms with E-state index in [4.69, 9.17) is 11.5 Å². The van der Waals surface area contributed by atoms with Crippen molar-refractivity contribution in [3.8, 4) is 0 Å². The number of rotatable bonds is 2. The largest absolute Gasteiger partial charge is 0.375 e. The average molecular weight is 258 g/mol. The molecule has 2 rings (SSSR count). The van der Waals surface area contributed by atoms with Crippen LogP contribution in [0.15, 0.2) is 8.42 Å². The second-order valence-electron chi connectivity index (χ2n) is 2.95. The van der Waals surface area contributed by atoms with E-state index in [9.17, 15) is 0 Å². The van der Waals surface area contributed by atoms with Gasteiger partial charge in [0.05, 0.1) is 19.8 Å². The minimum Gasteiger partial charge on any atom is -0.375 e. The summed E-state index contributed by atoms with van der Waals surface area (Å²) in [4.78, 5) is 8.34. The van der Waals surface area contributed by atoms with Crippen molar-refractivity contribution in [2.45, 2.75) is 22.3 Å². The van der Waals surface area contributed by atoms with E-state index in [1.165, 1.54) is 22.7 Å². The Balaban J connectivity index is 2.29. The maximum Gasteiger partial charge on any atom is 0.181 e. The van der Waals surface area contributed by atoms with Gasteiger partial charge in [-0.2, -0.15) is 0 Å². The standard InChI is InChI=1S/C8H10N4S3/c1-3-5(14-7(9)11-3)13-6-4(2)12-8(10)15-6/h1-2H3,(H2,9,11)(H2,10,12). The Kier molecular flexibility index (Phi) is 2.85. The lowest BCUT2D eigenvalue weighted by molar-refractivity contribution is 1.20. The Hall–Kier alpha value is -0.790. The van der Waals surface area contributed by atoms with Crippen LogP contribution in [-0.2, 0) is 0 Å². The molecule has 80 valence electrons. The Morgan fingerprint density at radius 2 is 1.33 bits per heavy atom. The summed E-state index contributed by atoms with van der Waals surface area (Å²) in [6.07, 6.45) is 0. The monoisotopic (exact) mass is 258 g/mol. The molecular formula is C8H10N4S3. The predicted molar refractivity (Wildman–Crippen MR) is 66.6 cm³/mol. The van der Waals surface area contributed by atoms with Crippen molar-refractivity contribution in [3.05, 3.63) is 11.4 Å². The van der Waals surface area contributed by atoms with E-state index >= 15 is 0 Å². The van der Waals surface area contributed by atoms with Gasteiger partial charge in [0.25, 0.3) is 0 Å². The summed E-state index contributed by atoms with van der Waals surface area (Å²) in [5.74, 6) is 0. The average Bonchev–Trinajstić information content (AvgIpc) is 2.58. The molecule has 0 saturated carbocycles. The minimum atomic E-state index is 0.602. The van der Waals surface area contributed by atoms with Gasteiger partial charge < -0.3 is 11.5 Å². The maximum atomic E-state index is 5.63. The van der Waals surface area contributed by atoms with Gasteiger partial charge in [-0.15, -0.1) is 0 Å². The van der Waals surface area contributed by atoms with Gasteiger partial charge in [0.1, 0.15) is 0 Å². The van der Waals surface area contributed by atoms with Crippen molar-refractivity contribution in [1.29, 1.82) is 0 Å². The molecule has 0 fully saturated rings. The number of thiazole rings is 2. The normalized spacial score (nSPS) is 10.8. The van der Waals surface area contributed by atoms with Gasteiger partial charge in [-0.05, 0) is 13.8 Å². The lowest BCUT2D eigenvalue weighted by atomic mass is 10.6. The summed E-state index contributed by atoms with van der Waals surface area (Å²) in [7, 11) is 0. The second-order valence-corrected chi connectivity index (χ2v) is 6.55. The SMILES string of the molecule is Cc1nc(N)sc1Sc1sc(N)nc1C. The molecule has 0 aliphatic heterocycles. The summed E-state index contributed by atoms with van der Waals surface area (Å²) in [5, 5.41) is 1.20. The molecule has 0 bridgehead atoms. The van der Waals surface area contributed by atoms with Crippen molar-refractivity contribution >= 4 is 44.7 Å². The number of nitrogens with zero attached hydrogens (tertiary/aromatic N) is 2. The zero-order chi connectivity index (χ0) is 11.0. The third-order valence-corrected chi connectivity index (χ3v) is 5.25. The zero-order valence-corrected chi connectivity index (χ0v) is 10.7. The van der Waals surface area contributed by atoms with Crippen LogP contribution in [-0.4, -0.2) is 9.97 Å². The molecule has 2 aromatic heterocycles. The predicted octanol–water partition coefficient (Wildman–Crippen LogP) is 2.53. The lowest BCUT2D eigenvalue weighted by Gasteiger charge is -1.94. The summed E-state index contributed by atoms with van der Waals surface area (Å²) in [6.45, 7) is 3.91. The highest BCUT2D eigenvalue weighted by Crippen LogP contribution is 2.40. The molecule has 15 heavy (non-hydrogen) atoms. The van der Waals surface area contributed by atoms with Crippen LogP contribution >= 0.6 is 34.4 Å². The molecule has 4 N–H and O–H groups in total. The summed E-state index contributed by atoms with van der Waals surface area (Å²) < 4.78 is 2.22. The molecular weight excluding hydrogens is 248 g/mol. The van der Waals surface area contributed by atoms with Crippen molar-refractivity contribution in [3.63, 3.8) is 0 Å². The van der Waals surface area contributed by atoms with E-state index in [-0.39, 0.29) is 0 Å². The van der Waals surface area contributed by atoms with Crippen LogP contribution in [0.3, 0.4) is 0 Å². The van der Waals surface area contributed by atoms with Gasteiger partial charge in [-0.1, -0.05) is 34.4 Å². The topological polar surface area (TPSA) is 77.8 Å². The summed E-state index contributed by atoms with van der Waals surface area (Å²) >= 11 is 4.62. The Labute approximate surface area is 99.7 Å². The van der Waals surface area contributed by atoms with Crippen molar-refractivity contribution in [1.82, 2.24) is 9.97 Å². The van der Waals surface area contributed by atoms with E-state index in [1.807, 2.05) is 13.8 Å². The van der Waals surface area contributed by atoms with Crippen molar-refractivity contribution in [2.75, 3.05) is 11.5 Å². The van der Waals surface area contributed by atoms with Crippen LogP contribution in [0.25, 0.3) is 0 Å². The number of nitrogens with two attached hydrogens (primary N) is 2. The van der Waals surface area contributed by atoms with E-state index < -0.39 is 0 Å². The van der Waals surface area contributed by atoms with Gasteiger partial charge in [0.15, 0.2) is 10.3 Å². The van der Waals surface area contributed by atoms with Gasteiger partial charge in [0.2, 0.25) is 0 Å². The Morgan fingerprint density at radius 1 is 0.933 bits per heavy atom. The first kappa shape index (κ1) is 10.7. The van der Waals surface area contributed by atoms with Gasteiger partial charge in [-0.25, -0.2) is 9.97 Å². The molecule has 4 nitrogen and oxygen atoms in total. The van der Waals surface area contributed by atoms with Crippen molar-refractivity contribution < 1.29 is 0 Å². The molecule has 0 atom stereocenters. The molecule has 0 spiro atoms. The molecule has 0 aliphatic rings. The number of hydrogen-bond acceptors (Lipinski definition) is 7. The molecule has 0 radical (unpaired) electrons. The highest BCUT2D eigenvalue weighted by molar-refractivity contribution is 8.03. The Morgan fingerprint density at radius 3 is 1.60 bits per heavy atom. The molecule has 2 heterocycles. The molecule has 0 amide bonds. The highest BCUT2D eigenvalue weighted by atomic mass is 32.2. The Bertz CT molecular complexity index is 444. The van der Waals surface area contributed by atoms with E-state index in [0.29, 0.717) is 10.3 Å². The molecule has 0 aliphatic carbocycles. The first-order chi connectivity index (χ1) is 7.06.